The zero-order chi connectivity index (χ0) is 16.8. The molecule has 122 valence electrons. The summed E-state index contributed by atoms with van der Waals surface area (Å²) in [7, 11) is 3.12. The first-order valence-electron chi connectivity index (χ1n) is 7.11. The molecule has 0 spiro atoms. The average molecular weight is 309 g/mol. The Kier molecular flexibility index (Phi) is 6.22. The lowest BCUT2D eigenvalue weighted by atomic mass is 9.98. The van der Waals surface area contributed by atoms with Crippen molar-refractivity contribution in [3.05, 3.63) is 23.8 Å². The van der Waals surface area contributed by atoms with Gasteiger partial charge < -0.3 is 19.9 Å². The van der Waals surface area contributed by atoms with Gasteiger partial charge in [-0.15, -0.1) is 0 Å². The van der Waals surface area contributed by atoms with Crippen LogP contribution in [0.4, 0.5) is 0 Å². The van der Waals surface area contributed by atoms with Crippen LogP contribution in [-0.2, 0) is 16.0 Å². The highest BCUT2D eigenvalue weighted by Gasteiger charge is 2.32. The number of ether oxygens (including phenoxy) is 2. The van der Waals surface area contributed by atoms with Crippen molar-refractivity contribution in [2.45, 2.75) is 38.6 Å². The van der Waals surface area contributed by atoms with Gasteiger partial charge in [0.1, 0.15) is 17.0 Å². The molecule has 0 saturated heterocycles. The van der Waals surface area contributed by atoms with Crippen LogP contribution >= 0.6 is 0 Å². The Morgan fingerprint density at radius 1 is 1.18 bits per heavy atom. The number of carboxylic acid groups (broad SMARTS) is 1. The molecule has 0 aromatic heterocycles. The number of aliphatic carboxylic acids is 1. The Hall–Kier alpha value is -2.24. The standard InChI is InChI=1S/C16H23NO5/c1-5-16(2,15(19)20)17-14(18)7-6-11-8-12(21-3)10-13(9-11)22-4/h8-10H,5-7H2,1-4H3,(H,17,18)(H,19,20). The number of carboxylic acids is 1. The first-order chi connectivity index (χ1) is 10.3. The lowest BCUT2D eigenvalue weighted by molar-refractivity contribution is -0.147. The van der Waals surface area contributed by atoms with E-state index in [9.17, 15) is 9.59 Å². The number of carbonyl (C=O) groups excluding carboxylic acids is 1. The van der Waals surface area contributed by atoms with Gasteiger partial charge in [-0.1, -0.05) is 6.92 Å². The Bertz CT molecular complexity index is 521. The molecule has 1 atom stereocenters. The van der Waals surface area contributed by atoms with Crippen molar-refractivity contribution >= 4 is 11.9 Å². The SMILES string of the molecule is CCC(C)(NC(=O)CCc1cc(OC)cc(OC)c1)C(=O)O. The van der Waals surface area contributed by atoms with E-state index in [1.54, 1.807) is 27.2 Å². The van der Waals surface area contributed by atoms with Crippen LogP contribution in [0.25, 0.3) is 0 Å². The number of benzene rings is 1. The van der Waals surface area contributed by atoms with Gasteiger partial charge in [0, 0.05) is 12.5 Å². The molecule has 0 fully saturated rings. The average Bonchev–Trinajstić information content (AvgIpc) is 2.52. The van der Waals surface area contributed by atoms with Crippen LogP contribution in [0.3, 0.4) is 0 Å². The van der Waals surface area contributed by atoms with Crippen molar-refractivity contribution in [1.82, 2.24) is 5.32 Å². The number of amides is 1. The largest absolute Gasteiger partial charge is 0.497 e. The second kappa shape index (κ2) is 7.68. The van der Waals surface area contributed by atoms with E-state index in [1.807, 2.05) is 12.1 Å². The molecule has 6 nitrogen and oxygen atoms in total. The van der Waals surface area contributed by atoms with E-state index in [1.165, 1.54) is 6.92 Å². The number of aryl methyl sites for hydroxylation is 1. The third kappa shape index (κ3) is 4.65. The zero-order valence-corrected chi connectivity index (χ0v) is 13.4. The second-order valence-electron chi connectivity index (χ2n) is 5.26. The highest BCUT2D eigenvalue weighted by Crippen LogP contribution is 2.23. The Labute approximate surface area is 130 Å². The minimum absolute atomic E-state index is 0.194. The monoisotopic (exact) mass is 309 g/mol. The van der Waals surface area contributed by atoms with Crippen molar-refractivity contribution in [2.75, 3.05) is 14.2 Å². The van der Waals surface area contributed by atoms with Crippen LogP contribution in [0, 0.1) is 0 Å². The first kappa shape index (κ1) is 17.8. The van der Waals surface area contributed by atoms with E-state index in [2.05, 4.69) is 5.32 Å². The minimum atomic E-state index is -1.23. The van der Waals surface area contributed by atoms with Crippen LogP contribution in [0.2, 0.25) is 0 Å². The fourth-order valence-corrected chi connectivity index (χ4v) is 1.93. The summed E-state index contributed by atoms with van der Waals surface area (Å²) < 4.78 is 10.4. The van der Waals surface area contributed by atoms with Crippen molar-refractivity contribution in [1.29, 1.82) is 0 Å². The highest BCUT2D eigenvalue weighted by atomic mass is 16.5. The first-order valence-corrected chi connectivity index (χ1v) is 7.11. The van der Waals surface area contributed by atoms with Crippen LogP contribution in [0.15, 0.2) is 18.2 Å². The summed E-state index contributed by atoms with van der Waals surface area (Å²) in [4.78, 5) is 23.1. The number of hydrogen-bond acceptors (Lipinski definition) is 4. The van der Waals surface area contributed by atoms with Crippen molar-refractivity contribution in [3.63, 3.8) is 0 Å². The minimum Gasteiger partial charge on any atom is -0.497 e. The fourth-order valence-electron chi connectivity index (χ4n) is 1.93. The molecule has 6 heteroatoms. The van der Waals surface area contributed by atoms with Gasteiger partial charge in [0.25, 0.3) is 0 Å². The molecule has 0 aliphatic heterocycles. The van der Waals surface area contributed by atoms with Crippen LogP contribution in [0.5, 0.6) is 11.5 Å². The summed E-state index contributed by atoms with van der Waals surface area (Å²) in [5.41, 5.74) is -0.344. The number of methoxy groups -OCH3 is 2. The van der Waals surface area contributed by atoms with E-state index in [0.29, 0.717) is 24.3 Å². The highest BCUT2D eigenvalue weighted by molar-refractivity contribution is 5.86. The van der Waals surface area contributed by atoms with Crippen molar-refractivity contribution in [2.24, 2.45) is 0 Å². The Morgan fingerprint density at radius 2 is 1.73 bits per heavy atom. The maximum absolute atomic E-state index is 12.0. The third-order valence-electron chi connectivity index (χ3n) is 3.65. The third-order valence-corrected chi connectivity index (χ3v) is 3.65. The number of rotatable bonds is 8. The predicted octanol–water partition coefficient (Wildman–Crippen LogP) is 2.01. The van der Waals surface area contributed by atoms with Crippen molar-refractivity contribution < 1.29 is 24.2 Å². The molecule has 0 aliphatic rings. The summed E-state index contributed by atoms with van der Waals surface area (Å²) in [6, 6.07) is 5.40. The van der Waals surface area contributed by atoms with Crippen LogP contribution < -0.4 is 14.8 Å². The quantitative estimate of drug-likeness (QED) is 0.767. The Balaban J connectivity index is 2.70. The summed E-state index contributed by atoms with van der Waals surface area (Å²) in [5.74, 6) is -0.0303. The zero-order valence-electron chi connectivity index (χ0n) is 13.4. The molecular formula is C16H23NO5. The predicted molar refractivity (Wildman–Crippen MR) is 82.3 cm³/mol. The molecule has 1 amide bonds. The van der Waals surface area contributed by atoms with E-state index in [0.717, 1.165) is 5.56 Å². The molecule has 1 unspecified atom stereocenters. The van der Waals surface area contributed by atoms with Crippen molar-refractivity contribution in [3.8, 4) is 11.5 Å². The van der Waals surface area contributed by atoms with E-state index >= 15 is 0 Å². The molecule has 1 rings (SSSR count). The fraction of sp³-hybridized carbons (Fsp3) is 0.500. The summed E-state index contributed by atoms with van der Waals surface area (Å²) in [6.45, 7) is 3.23. The molecular weight excluding hydrogens is 286 g/mol. The van der Waals surface area contributed by atoms with E-state index in [-0.39, 0.29) is 12.3 Å². The van der Waals surface area contributed by atoms with Gasteiger partial charge in [-0.3, -0.25) is 4.79 Å². The van der Waals surface area contributed by atoms with Gasteiger partial charge in [0.05, 0.1) is 14.2 Å². The number of nitrogens with one attached hydrogen (secondary N) is 1. The summed E-state index contributed by atoms with van der Waals surface area (Å²) >= 11 is 0. The molecule has 0 radical (unpaired) electrons. The number of carbonyl (C=O) groups is 2. The van der Waals surface area contributed by atoms with Gasteiger partial charge in [0.15, 0.2) is 0 Å². The molecule has 1 aromatic rings. The Morgan fingerprint density at radius 3 is 2.14 bits per heavy atom. The molecule has 0 aliphatic carbocycles. The molecule has 22 heavy (non-hydrogen) atoms. The van der Waals surface area contributed by atoms with Gasteiger partial charge in [-0.25, -0.2) is 4.79 Å². The van der Waals surface area contributed by atoms with Crippen LogP contribution in [-0.4, -0.2) is 36.7 Å². The van der Waals surface area contributed by atoms with E-state index < -0.39 is 11.5 Å². The summed E-state index contributed by atoms with van der Waals surface area (Å²) in [5, 5.41) is 11.7. The van der Waals surface area contributed by atoms with Gasteiger partial charge in [-0.05, 0) is 37.5 Å². The van der Waals surface area contributed by atoms with Gasteiger partial charge >= 0.3 is 5.97 Å². The second-order valence-corrected chi connectivity index (χ2v) is 5.26. The molecule has 0 bridgehead atoms. The lowest BCUT2D eigenvalue weighted by Crippen LogP contribution is -2.51. The normalized spacial score (nSPS) is 13.1. The smallest absolute Gasteiger partial charge is 0.329 e. The topological polar surface area (TPSA) is 84.9 Å². The molecule has 0 heterocycles. The lowest BCUT2D eigenvalue weighted by Gasteiger charge is -2.24. The maximum atomic E-state index is 12.0. The van der Waals surface area contributed by atoms with Gasteiger partial charge in [0.2, 0.25) is 5.91 Å². The van der Waals surface area contributed by atoms with Crippen LogP contribution in [0.1, 0.15) is 32.3 Å². The molecule has 0 saturated carbocycles. The summed E-state index contributed by atoms with van der Waals surface area (Å²) in [6.07, 6.45) is 0.985. The van der Waals surface area contributed by atoms with E-state index in [4.69, 9.17) is 14.6 Å². The molecule has 1 aromatic carbocycles. The molecule has 2 N–H and O–H groups in total. The van der Waals surface area contributed by atoms with Gasteiger partial charge in [-0.2, -0.15) is 0 Å². The number of hydrogen-bond donors (Lipinski definition) is 2. The maximum Gasteiger partial charge on any atom is 0.329 e.